The summed E-state index contributed by atoms with van der Waals surface area (Å²) < 4.78 is 13.1. The minimum absolute atomic E-state index is 0.561. The van der Waals surface area contributed by atoms with Gasteiger partial charge in [0, 0.05) is 24.9 Å². The van der Waals surface area contributed by atoms with Crippen LogP contribution in [0.4, 0.5) is 5.95 Å². The molecule has 0 N–H and O–H groups in total. The van der Waals surface area contributed by atoms with Crippen LogP contribution in [0.25, 0.3) is 0 Å². The molecule has 1 saturated heterocycles. The lowest BCUT2D eigenvalue weighted by atomic mass is 10.2. The van der Waals surface area contributed by atoms with Crippen LogP contribution in [0.5, 0.6) is 5.75 Å². The highest BCUT2D eigenvalue weighted by atomic mass is 32.2. The van der Waals surface area contributed by atoms with Gasteiger partial charge in [-0.05, 0) is 30.5 Å². The Hall–Kier alpha value is -1.73. The number of benzene rings is 1. The second kappa shape index (κ2) is 7.03. The summed E-state index contributed by atoms with van der Waals surface area (Å²) in [4.78, 5) is 2.30. The van der Waals surface area contributed by atoms with Crippen molar-refractivity contribution in [1.82, 2.24) is 14.8 Å². The SMILES string of the molecule is COc1cccc(CSc2nnc(N3CCOCC3)n2C2CC2)c1. The van der Waals surface area contributed by atoms with Crippen molar-refractivity contribution in [3.8, 4) is 5.75 Å². The quantitative estimate of drug-likeness (QED) is 0.750. The molecule has 2 aliphatic rings. The molecule has 1 aromatic carbocycles. The Bertz CT molecular complexity index is 696. The molecular formula is C17H22N4O2S. The molecule has 24 heavy (non-hydrogen) atoms. The number of methoxy groups -OCH3 is 1. The molecule has 0 radical (unpaired) electrons. The summed E-state index contributed by atoms with van der Waals surface area (Å²) in [5.74, 6) is 2.77. The minimum Gasteiger partial charge on any atom is -0.497 e. The number of nitrogens with zero attached hydrogens (tertiary/aromatic N) is 4. The maximum Gasteiger partial charge on any atom is 0.228 e. The second-order valence-corrected chi connectivity index (χ2v) is 7.07. The predicted molar refractivity (Wildman–Crippen MR) is 93.9 cm³/mol. The van der Waals surface area contributed by atoms with Crippen molar-refractivity contribution in [2.45, 2.75) is 29.8 Å². The highest BCUT2D eigenvalue weighted by Crippen LogP contribution is 2.41. The van der Waals surface area contributed by atoms with Gasteiger partial charge in [0.2, 0.25) is 5.95 Å². The van der Waals surface area contributed by atoms with Gasteiger partial charge in [0.1, 0.15) is 5.75 Å². The summed E-state index contributed by atoms with van der Waals surface area (Å²) >= 11 is 1.75. The fraction of sp³-hybridized carbons (Fsp3) is 0.529. The van der Waals surface area contributed by atoms with Crippen molar-refractivity contribution in [3.63, 3.8) is 0 Å². The molecule has 4 rings (SSSR count). The van der Waals surface area contributed by atoms with Gasteiger partial charge in [0.05, 0.1) is 20.3 Å². The Morgan fingerprint density at radius 1 is 1.25 bits per heavy atom. The Kier molecular flexibility index (Phi) is 4.62. The lowest BCUT2D eigenvalue weighted by Crippen LogP contribution is -2.38. The first-order valence-electron chi connectivity index (χ1n) is 8.38. The monoisotopic (exact) mass is 346 g/mol. The van der Waals surface area contributed by atoms with Crippen molar-refractivity contribution in [2.75, 3.05) is 38.3 Å². The van der Waals surface area contributed by atoms with E-state index in [4.69, 9.17) is 9.47 Å². The smallest absolute Gasteiger partial charge is 0.228 e. The van der Waals surface area contributed by atoms with Gasteiger partial charge in [-0.15, -0.1) is 10.2 Å². The number of ether oxygens (including phenoxy) is 2. The third-order valence-electron chi connectivity index (χ3n) is 4.35. The third kappa shape index (κ3) is 3.37. The third-order valence-corrected chi connectivity index (χ3v) is 5.37. The fourth-order valence-corrected chi connectivity index (χ4v) is 3.85. The van der Waals surface area contributed by atoms with Crippen LogP contribution in [0.15, 0.2) is 29.4 Å². The van der Waals surface area contributed by atoms with Crippen LogP contribution in [0.3, 0.4) is 0 Å². The lowest BCUT2D eigenvalue weighted by molar-refractivity contribution is 0.121. The highest BCUT2D eigenvalue weighted by Gasteiger charge is 2.32. The maximum absolute atomic E-state index is 5.45. The fourth-order valence-electron chi connectivity index (χ4n) is 2.91. The summed E-state index contributed by atoms with van der Waals surface area (Å²) in [5, 5.41) is 9.97. The summed E-state index contributed by atoms with van der Waals surface area (Å²) in [6.45, 7) is 3.32. The van der Waals surface area contributed by atoms with Gasteiger partial charge in [0.25, 0.3) is 0 Å². The number of hydrogen-bond donors (Lipinski definition) is 0. The van der Waals surface area contributed by atoms with E-state index in [1.807, 2.05) is 12.1 Å². The molecule has 0 spiro atoms. The number of aromatic nitrogens is 3. The van der Waals surface area contributed by atoms with Crippen LogP contribution in [0.1, 0.15) is 24.4 Å². The molecule has 1 aliphatic carbocycles. The summed E-state index contributed by atoms with van der Waals surface area (Å²) in [6, 6.07) is 8.76. The molecule has 0 amide bonds. The molecule has 0 atom stereocenters. The summed E-state index contributed by atoms with van der Waals surface area (Å²) in [6.07, 6.45) is 2.45. The highest BCUT2D eigenvalue weighted by molar-refractivity contribution is 7.98. The molecule has 0 bridgehead atoms. The average Bonchev–Trinajstić information content (AvgIpc) is 3.40. The Balaban J connectivity index is 1.51. The maximum atomic E-state index is 5.45. The molecule has 2 heterocycles. The molecule has 0 unspecified atom stereocenters. The first-order chi connectivity index (χ1) is 11.8. The summed E-state index contributed by atoms with van der Waals surface area (Å²) in [7, 11) is 1.70. The summed E-state index contributed by atoms with van der Waals surface area (Å²) in [5.41, 5.74) is 1.23. The molecule has 1 aliphatic heterocycles. The molecule has 2 aromatic rings. The molecule has 2 fully saturated rings. The number of anilines is 1. The van der Waals surface area contributed by atoms with E-state index in [1.165, 1.54) is 18.4 Å². The van der Waals surface area contributed by atoms with Crippen LogP contribution in [0, 0.1) is 0 Å². The first kappa shape index (κ1) is 15.8. The van der Waals surface area contributed by atoms with Gasteiger partial charge < -0.3 is 14.4 Å². The van der Waals surface area contributed by atoms with Crippen molar-refractivity contribution >= 4 is 17.7 Å². The zero-order valence-electron chi connectivity index (χ0n) is 13.9. The average molecular weight is 346 g/mol. The number of morpholine rings is 1. The molecule has 7 heteroatoms. The topological polar surface area (TPSA) is 52.4 Å². The van der Waals surface area contributed by atoms with Gasteiger partial charge in [-0.3, -0.25) is 4.57 Å². The van der Waals surface area contributed by atoms with E-state index in [9.17, 15) is 0 Å². The Morgan fingerprint density at radius 3 is 2.83 bits per heavy atom. The zero-order valence-corrected chi connectivity index (χ0v) is 14.7. The number of hydrogen-bond acceptors (Lipinski definition) is 6. The minimum atomic E-state index is 0.561. The zero-order chi connectivity index (χ0) is 16.4. The molecule has 6 nitrogen and oxygen atoms in total. The van der Waals surface area contributed by atoms with Crippen LogP contribution >= 0.6 is 11.8 Å². The van der Waals surface area contributed by atoms with E-state index in [-0.39, 0.29) is 0 Å². The lowest BCUT2D eigenvalue weighted by Gasteiger charge is -2.27. The second-order valence-electron chi connectivity index (χ2n) is 6.12. The predicted octanol–water partition coefficient (Wildman–Crippen LogP) is 2.75. The van der Waals surface area contributed by atoms with Gasteiger partial charge in [-0.25, -0.2) is 0 Å². The number of rotatable bonds is 6. The van der Waals surface area contributed by atoms with Gasteiger partial charge >= 0.3 is 0 Å². The van der Waals surface area contributed by atoms with Gasteiger partial charge in [-0.2, -0.15) is 0 Å². The Morgan fingerprint density at radius 2 is 2.08 bits per heavy atom. The number of thioether (sulfide) groups is 1. The van der Waals surface area contributed by atoms with E-state index in [0.717, 1.165) is 48.9 Å². The molecule has 1 saturated carbocycles. The van der Waals surface area contributed by atoms with E-state index in [0.29, 0.717) is 6.04 Å². The van der Waals surface area contributed by atoms with E-state index >= 15 is 0 Å². The van der Waals surface area contributed by atoms with Crippen molar-refractivity contribution in [1.29, 1.82) is 0 Å². The normalized spacial score (nSPS) is 18.0. The van der Waals surface area contributed by atoms with Gasteiger partial charge in [0.15, 0.2) is 5.16 Å². The van der Waals surface area contributed by atoms with E-state index < -0.39 is 0 Å². The van der Waals surface area contributed by atoms with Crippen LogP contribution in [-0.2, 0) is 10.5 Å². The van der Waals surface area contributed by atoms with Crippen LogP contribution in [0.2, 0.25) is 0 Å². The largest absolute Gasteiger partial charge is 0.497 e. The Labute approximate surface area is 146 Å². The molecule has 1 aromatic heterocycles. The van der Waals surface area contributed by atoms with E-state index in [1.54, 1.807) is 18.9 Å². The van der Waals surface area contributed by atoms with Gasteiger partial charge in [-0.1, -0.05) is 23.9 Å². The van der Waals surface area contributed by atoms with Crippen LogP contribution in [-0.4, -0.2) is 48.2 Å². The molecular weight excluding hydrogens is 324 g/mol. The van der Waals surface area contributed by atoms with Crippen molar-refractivity contribution in [2.24, 2.45) is 0 Å². The first-order valence-corrected chi connectivity index (χ1v) is 9.37. The van der Waals surface area contributed by atoms with Crippen LogP contribution < -0.4 is 9.64 Å². The van der Waals surface area contributed by atoms with E-state index in [2.05, 4.69) is 31.8 Å². The van der Waals surface area contributed by atoms with Crippen molar-refractivity contribution < 1.29 is 9.47 Å². The molecule has 128 valence electrons. The standard InChI is InChI=1S/C17H22N4O2S/c1-22-15-4-2-3-13(11-15)12-24-17-19-18-16(21(17)14-5-6-14)20-7-9-23-10-8-20/h2-4,11,14H,5-10,12H2,1H3. The van der Waals surface area contributed by atoms with Crippen molar-refractivity contribution in [3.05, 3.63) is 29.8 Å².